The highest BCUT2D eigenvalue weighted by Gasteiger charge is 2.18. The predicted octanol–water partition coefficient (Wildman–Crippen LogP) is 2.37. The third-order valence-corrected chi connectivity index (χ3v) is 4.08. The van der Waals surface area contributed by atoms with Crippen LogP contribution < -0.4 is 10.1 Å². The Morgan fingerprint density at radius 2 is 2.00 bits per heavy atom. The number of nitrogens with zero attached hydrogens (tertiary/aromatic N) is 6. The van der Waals surface area contributed by atoms with Crippen LogP contribution in [-0.4, -0.2) is 56.7 Å². The number of aromatic nitrogens is 5. The van der Waals surface area contributed by atoms with E-state index in [2.05, 4.69) is 51.0 Å². The molecule has 0 fully saturated rings. The molecule has 144 valence electrons. The average molecular weight is 369 g/mol. The number of hydrogen-bond donors (Lipinski definition) is 1. The summed E-state index contributed by atoms with van der Waals surface area (Å²) in [6.07, 6.45) is 3.28. The Hall–Kier alpha value is -2.74. The quantitative estimate of drug-likeness (QED) is 0.685. The molecule has 0 saturated carbocycles. The van der Waals surface area contributed by atoms with Crippen molar-refractivity contribution in [2.24, 2.45) is 0 Å². The second kappa shape index (κ2) is 7.87. The molecule has 0 bridgehead atoms. The van der Waals surface area contributed by atoms with E-state index < -0.39 is 0 Å². The van der Waals surface area contributed by atoms with E-state index in [0.717, 1.165) is 23.6 Å². The first-order valence-corrected chi connectivity index (χ1v) is 9.00. The highest BCUT2D eigenvalue weighted by Crippen LogP contribution is 2.23. The van der Waals surface area contributed by atoms with Gasteiger partial charge in [-0.1, -0.05) is 20.8 Å². The van der Waals surface area contributed by atoms with Crippen molar-refractivity contribution in [1.29, 1.82) is 0 Å². The number of rotatable bonds is 7. The lowest BCUT2D eigenvalue weighted by Gasteiger charge is -2.19. The van der Waals surface area contributed by atoms with Gasteiger partial charge in [0.15, 0.2) is 0 Å². The number of ether oxygens (including phenoxy) is 1. The molecule has 3 aromatic rings. The minimum absolute atomic E-state index is 0.0752. The number of nitrogens with one attached hydrogen (secondary N) is 1. The summed E-state index contributed by atoms with van der Waals surface area (Å²) in [5.41, 5.74) is 1.97. The summed E-state index contributed by atoms with van der Waals surface area (Å²) in [6, 6.07) is 5.95. The van der Waals surface area contributed by atoms with Crippen LogP contribution in [-0.2, 0) is 12.0 Å². The molecule has 0 aliphatic carbocycles. The highest BCUT2D eigenvalue weighted by molar-refractivity contribution is 5.46. The Balaban J connectivity index is 1.74. The van der Waals surface area contributed by atoms with Gasteiger partial charge < -0.3 is 15.0 Å². The van der Waals surface area contributed by atoms with Crippen molar-refractivity contribution in [3.63, 3.8) is 0 Å². The zero-order valence-corrected chi connectivity index (χ0v) is 16.6. The lowest BCUT2D eigenvalue weighted by atomic mass is 9.92. The number of hydrogen-bond acceptors (Lipinski definition) is 7. The lowest BCUT2D eigenvalue weighted by Crippen LogP contribution is -2.19. The van der Waals surface area contributed by atoms with Crippen molar-refractivity contribution >= 4 is 11.6 Å². The second-order valence-electron chi connectivity index (χ2n) is 7.76. The smallest absolute Gasteiger partial charge is 0.254 e. The molecule has 0 spiro atoms. The summed E-state index contributed by atoms with van der Waals surface area (Å²) in [5, 5.41) is 7.70. The van der Waals surface area contributed by atoms with E-state index in [4.69, 9.17) is 4.74 Å². The summed E-state index contributed by atoms with van der Waals surface area (Å²) >= 11 is 0. The molecule has 0 atom stereocenters. The number of fused-ring (bicyclic) bond motifs is 1. The minimum atomic E-state index is -0.0752. The standard InChI is InChI=1S/C19H27N7O/c1-19(2,3)15-11-16(26-18(24-15)22-13-23-26)21-12-14-6-7-20-17(10-14)27-9-8-25(4)5/h6-7,10-11,13,21H,8-9,12H2,1-5H3. The molecule has 0 amide bonds. The molecule has 0 saturated heterocycles. The molecule has 0 aromatic carbocycles. The summed E-state index contributed by atoms with van der Waals surface area (Å²) in [6.45, 7) is 8.47. The van der Waals surface area contributed by atoms with Crippen LogP contribution in [0.3, 0.4) is 0 Å². The maximum Gasteiger partial charge on any atom is 0.254 e. The molecule has 8 heteroatoms. The van der Waals surface area contributed by atoms with Gasteiger partial charge in [-0.15, -0.1) is 0 Å². The van der Waals surface area contributed by atoms with Crippen LogP contribution in [0.2, 0.25) is 0 Å². The maximum absolute atomic E-state index is 5.71. The molecule has 3 heterocycles. The maximum atomic E-state index is 5.71. The first kappa shape index (κ1) is 19.0. The molecule has 0 aliphatic rings. The van der Waals surface area contributed by atoms with Gasteiger partial charge in [-0.05, 0) is 25.7 Å². The summed E-state index contributed by atoms with van der Waals surface area (Å²) in [5.74, 6) is 2.08. The fraction of sp³-hybridized carbons (Fsp3) is 0.474. The van der Waals surface area contributed by atoms with Crippen LogP contribution in [0, 0.1) is 0 Å². The van der Waals surface area contributed by atoms with E-state index >= 15 is 0 Å². The van der Waals surface area contributed by atoms with Gasteiger partial charge in [0.1, 0.15) is 18.8 Å². The largest absolute Gasteiger partial charge is 0.476 e. The fourth-order valence-corrected chi connectivity index (χ4v) is 2.49. The first-order valence-electron chi connectivity index (χ1n) is 9.00. The summed E-state index contributed by atoms with van der Waals surface area (Å²) < 4.78 is 7.43. The summed E-state index contributed by atoms with van der Waals surface area (Å²) in [7, 11) is 4.03. The molecule has 3 rings (SSSR count). The third kappa shape index (κ3) is 4.91. The van der Waals surface area contributed by atoms with Gasteiger partial charge >= 0.3 is 0 Å². The SMILES string of the molecule is CN(C)CCOc1cc(CNc2cc(C(C)(C)C)nc3ncnn23)ccn1. The fourth-order valence-electron chi connectivity index (χ4n) is 2.49. The second-order valence-corrected chi connectivity index (χ2v) is 7.76. The van der Waals surface area contributed by atoms with Gasteiger partial charge in [-0.3, -0.25) is 0 Å². The van der Waals surface area contributed by atoms with Crippen LogP contribution >= 0.6 is 0 Å². The molecule has 0 radical (unpaired) electrons. The Morgan fingerprint density at radius 3 is 2.74 bits per heavy atom. The Kier molecular flexibility index (Phi) is 5.55. The average Bonchev–Trinajstić information content (AvgIpc) is 3.07. The van der Waals surface area contributed by atoms with Crippen molar-refractivity contribution in [3.05, 3.63) is 42.0 Å². The molecule has 0 aliphatic heterocycles. The molecule has 27 heavy (non-hydrogen) atoms. The van der Waals surface area contributed by atoms with Crippen molar-refractivity contribution in [1.82, 2.24) is 29.5 Å². The van der Waals surface area contributed by atoms with Crippen LogP contribution in [0.25, 0.3) is 5.78 Å². The van der Waals surface area contributed by atoms with Crippen LogP contribution in [0.15, 0.2) is 30.7 Å². The zero-order valence-electron chi connectivity index (χ0n) is 16.6. The Morgan fingerprint density at radius 1 is 1.19 bits per heavy atom. The van der Waals surface area contributed by atoms with Crippen molar-refractivity contribution in [2.75, 3.05) is 32.6 Å². The number of anilines is 1. The Bertz CT molecular complexity index is 898. The van der Waals surface area contributed by atoms with E-state index in [1.54, 1.807) is 10.7 Å². The van der Waals surface area contributed by atoms with E-state index in [0.29, 0.717) is 24.8 Å². The Labute approximate surface area is 159 Å². The minimum Gasteiger partial charge on any atom is -0.476 e. The zero-order chi connectivity index (χ0) is 19.4. The van der Waals surface area contributed by atoms with E-state index in [1.165, 1.54) is 6.33 Å². The van der Waals surface area contributed by atoms with Crippen molar-refractivity contribution in [3.8, 4) is 5.88 Å². The normalized spacial score (nSPS) is 11.9. The monoisotopic (exact) mass is 369 g/mol. The van der Waals surface area contributed by atoms with Crippen LogP contribution in [0.5, 0.6) is 5.88 Å². The van der Waals surface area contributed by atoms with Gasteiger partial charge in [-0.25, -0.2) is 9.97 Å². The van der Waals surface area contributed by atoms with Crippen molar-refractivity contribution in [2.45, 2.75) is 32.7 Å². The van der Waals surface area contributed by atoms with E-state index in [-0.39, 0.29) is 5.41 Å². The van der Waals surface area contributed by atoms with Crippen molar-refractivity contribution < 1.29 is 4.74 Å². The highest BCUT2D eigenvalue weighted by atomic mass is 16.5. The van der Waals surface area contributed by atoms with Crippen LogP contribution in [0.4, 0.5) is 5.82 Å². The molecule has 1 N–H and O–H groups in total. The van der Waals surface area contributed by atoms with E-state index in [9.17, 15) is 0 Å². The topological polar surface area (TPSA) is 80.5 Å². The molecule has 8 nitrogen and oxygen atoms in total. The first-order chi connectivity index (χ1) is 12.8. The van der Waals surface area contributed by atoms with Crippen LogP contribution in [0.1, 0.15) is 32.0 Å². The van der Waals surface area contributed by atoms with E-state index in [1.807, 2.05) is 32.3 Å². The number of pyridine rings is 1. The molecule has 0 unspecified atom stereocenters. The number of likely N-dealkylation sites (N-methyl/N-ethyl adjacent to an activating group) is 1. The summed E-state index contributed by atoms with van der Waals surface area (Å²) in [4.78, 5) is 15.2. The van der Waals surface area contributed by atoms with Gasteiger partial charge in [-0.2, -0.15) is 14.6 Å². The van der Waals surface area contributed by atoms with Gasteiger partial charge in [0.05, 0.1) is 5.69 Å². The predicted molar refractivity (Wildman–Crippen MR) is 105 cm³/mol. The third-order valence-electron chi connectivity index (χ3n) is 4.08. The molecular formula is C19H27N7O. The molecular weight excluding hydrogens is 342 g/mol. The lowest BCUT2D eigenvalue weighted by molar-refractivity contribution is 0.253. The van der Waals surface area contributed by atoms with Gasteiger partial charge in [0, 0.05) is 36.8 Å². The molecule has 3 aromatic heterocycles. The van der Waals surface area contributed by atoms with Gasteiger partial charge in [0.25, 0.3) is 5.78 Å². The van der Waals surface area contributed by atoms with Gasteiger partial charge in [0.2, 0.25) is 5.88 Å².